The molecule has 0 fully saturated rings. The van der Waals surface area contributed by atoms with Crippen LogP contribution in [0.25, 0.3) is 6.08 Å². The molecule has 5 heteroatoms. The maximum atomic E-state index is 11.9. The minimum atomic E-state index is -0.360. The Hall–Kier alpha value is -1.90. The molecular formula is C15H11BrN2OS. The van der Waals surface area contributed by atoms with Crippen molar-refractivity contribution in [1.82, 2.24) is 5.32 Å². The minimum Gasteiger partial charge on any atom is -0.347 e. The molecule has 1 aromatic heterocycles. The highest BCUT2D eigenvalue weighted by atomic mass is 79.9. The van der Waals surface area contributed by atoms with E-state index >= 15 is 0 Å². The van der Waals surface area contributed by atoms with E-state index in [9.17, 15) is 4.79 Å². The van der Waals surface area contributed by atoms with Gasteiger partial charge in [-0.1, -0.05) is 30.3 Å². The number of hydrogen-bond acceptors (Lipinski definition) is 3. The van der Waals surface area contributed by atoms with Crippen molar-refractivity contribution in [3.63, 3.8) is 0 Å². The summed E-state index contributed by atoms with van der Waals surface area (Å²) in [6.45, 7) is 0.410. The van der Waals surface area contributed by atoms with Gasteiger partial charge < -0.3 is 5.32 Å². The fourth-order valence-corrected chi connectivity index (χ4v) is 2.94. The summed E-state index contributed by atoms with van der Waals surface area (Å²) in [5, 5.41) is 11.8. The van der Waals surface area contributed by atoms with Gasteiger partial charge in [0.05, 0.1) is 3.79 Å². The van der Waals surface area contributed by atoms with Gasteiger partial charge in [-0.25, -0.2) is 0 Å². The Morgan fingerprint density at radius 3 is 2.65 bits per heavy atom. The molecule has 0 unspecified atom stereocenters. The second kappa shape index (κ2) is 7.04. The lowest BCUT2D eigenvalue weighted by Gasteiger charge is -2.03. The third-order valence-corrected chi connectivity index (χ3v) is 4.11. The molecule has 1 amide bonds. The fraction of sp³-hybridized carbons (Fsp3) is 0.0667. The molecule has 3 nitrogen and oxygen atoms in total. The Balaban J connectivity index is 2.03. The van der Waals surface area contributed by atoms with Gasteiger partial charge in [-0.2, -0.15) is 5.26 Å². The molecular weight excluding hydrogens is 336 g/mol. The van der Waals surface area contributed by atoms with Crippen molar-refractivity contribution in [3.05, 3.63) is 62.3 Å². The molecule has 0 radical (unpaired) electrons. The van der Waals surface area contributed by atoms with Gasteiger partial charge in [-0.15, -0.1) is 11.3 Å². The number of halogens is 1. The number of benzene rings is 1. The van der Waals surface area contributed by atoms with Gasteiger partial charge in [0.2, 0.25) is 0 Å². The van der Waals surface area contributed by atoms with Crippen molar-refractivity contribution in [2.75, 3.05) is 0 Å². The van der Waals surface area contributed by atoms with Crippen LogP contribution in [0.4, 0.5) is 0 Å². The maximum Gasteiger partial charge on any atom is 0.262 e. The number of nitrogens with zero attached hydrogens (tertiary/aromatic N) is 1. The zero-order chi connectivity index (χ0) is 14.4. The number of amides is 1. The van der Waals surface area contributed by atoms with E-state index < -0.39 is 0 Å². The summed E-state index contributed by atoms with van der Waals surface area (Å²) in [7, 11) is 0. The van der Waals surface area contributed by atoms with Crippen molar-refractivity contribution in [2.45, 2.75) is 6.54 Å². The molecule has 1 N–H and O–H groups in total. The number of thiophene rings is 1. The lowest BCUT2D eigenvalue weighted by Crippen LogP contribution is -2.23. The van der Waals surface area contributed by atoms with Crippen LogP contribution < -0.4 is 5.32 Å². The fourth-order valence-electron chi connectivity index (χ4n) is 1.57. The molecule has 0 spiro atoms. The van der Waals surface area contributed by atoms with Gasteiger partial charge >= 0.3 is 0 Å². The van der Waals surface area contributed by atoms with Crippen LogP contribution in [0.5, 0.6) is 0 Å². The lowest BCUT2D eigenvalue weighted by atomic mass is 10.2. The molecule has 0 atom stereocenters. The molecule has 0 aliphatic carbocycles. The van der Waals surface area contributed by atoms with Gasteiger partial charge in [-0.05, 0) is 39.7 Å². The maximum absolute atomic E-state index is 11.9. The normalized spacial score (nSPS) is 10.9. The van der Waals surface area contributed by atoms with Gasteiger partial charge in [0.1, 0.15) is 11.6 Å². The van der Waals surface area contributed by atoms with E-state index in [1.165, 1.54) is 11.3 Å². The number of carbonyl (C=O) groups excluding carboxylic acids is 1. The molecule has 0 aliphatic heterocycles. The topological polar surface area (TPSA) is 52.9 Å². The monoisotopic (exact) mass is 346 g/mol. The molecule has 0 saturated carbocycles. The van der Waals surface area contributed by atoms with E-state index in [0.29, 0.717) is 6.54 Å². The van der Waals surface area contributed by atoms with Gasteiger partial charge in [-0.3, -0.25) is 4.79 Å². The van der Waals surface area contributed by atoms with Gasteiger partial charge in [0, 0.05) is 11.4 Å². The first-order chi connectivity index (χ1) is 9.69. The zero-order valence-corrected chi connectivity index (χ0v) is 12.9. The van der Waals surface area contributed by atoms with E-state index in [-0.39, 0.29) is 11.5 Å². The molecule has 1 aromatic carbocycles. The molecule has 100 valence electrons. The van der Waals surface area contributed by atoms with Crippen LogP contribution in [0.3, 0.4) is 0 Å². The Morgan fingerprint density at radius 2 is 2.05 bits per heavy atom. The van der Waals surface area contributed by atoms with E-state index in [0.717, 1.165) is 14.2 Å². The smallest absolute Gasteiger partial charge is 0.262 e. The average Bonchev–Trinajstić information content (AvgIpc) is 2.88. The average molecular weight is 347 g/mol. The summed E-state index contributed by atoms with van der Waals surface area (Å²) in [6.07, 6.45) is 1.59. The van der Waals surface area contributed by atoms with Crippen LogP contribution in [0.2, 0.25) is 0 Å². The Labute approximate surface area is 129 Å². The Bertz CT molecular complexity index is 671. The molecule has 1 heterocycles. The summed E-state index contributed by atoms with van der Waals surface area (Å²) >= 11 is 4.82. The number of rotatable bonds is 4. The van der Waals surface area contributed by atoms with Crippen LogP contribution in [-0.2, 0) is 11.3 Å². The molecule has 20 heavy (non-hydrogen) atoms. The Morgan fingerprint density at radius 1 is 1.30 bits per heavy atom. The lowest BCUT2D eigenvalue weighted by molar-refractivity contribution is -0.117. The zero-order valence-electron chi connectivity index (χ0n) is 10.5. The number of nitriles is 1. The highest BCUT2D eigenvalue weighted by Crippen LogP contribution is 2.24. The first-order valence-electron chi connectivity index (χ1n) is 5.88. The number of nitrogens with one attached hydrogen (secondary N) is 1. The van der Waals surface area contributed by atoms with Crippen LogP contribution in [0, 0.1) is 11.3 Å². The number of carbonyl (C=O) groups is 1. The van der Waals surface area contributed by atoms with E-state index in [1.54, 1.807) is 6.08 Å². The van der Waals surface area contributed by atoms with Crippen molar-refractivity contribution < 1.29 is 4.79 Å². The van der Waals surface area contributed by atoms with Crippen LogP contribution >= 0.6 is 27.3 Å². The SMILES string of the molecule is N#C/C(=C/c1ccc(Br)s1)C(=O)NCc1ccccc1. The minimum absolute atomic E-state index is 0.107. The molecule has 0 saturated heterocycles. The van der Waals surface area contributed by atoms with E-state index in [1.807, 2.05) is 48.5 Å². The second-order valence-corrected chi connectivity index (χ2v) is 6.47. The van der Waals surface area contributed by atoms with Crippen LogP contribution in [-0.4, -0.2) is 5.91 Å². The first-order valence-corrected chi connectivity index (χ1v) is 7.49. The van der Waals surface area contributed by atoms with Crippen molar-refractivity contribution in [2.24, 2.45) is 0 Å². The summed E-state index contributed by atoms with van der Waals surface area (Å²) < 4.78 is 0.964. The summed E-state index contributed by atoms with van der Waals surface area (Å²) in [6, 6.07) is 15.3. The molecule has 0 aliphatic rings. The van der Waals surface area contributed by atoms with Crippen molar-refractivity contribution in [3.8, 4) is 6.07 Å². The van der Waals surface area contributed by atoms with Gasteiger partial charge in [0.15, 0.2) is 0 Å². The third-order valence-electron chi connectivity index (χ3n) is 2.54. The predicted octanol–water partition coefficient (Wildman–Crippen LogP) is 3.73. The molecule has 0 bridgehead atoms. The summed E-state index contributed by atoms with van der Waals surface area (Å²) in [4.78, 5) is 12.8. The molecule has 2 rings (SSSR count). The largest absolute Gasteiger partial charge is 0.347 e. The highest BCUT2D eigenvalue weighted by molar-refractivity contribution is 9.11. The van der Waals surface area contributed by atoms with Crippen LogP contribution in [0.15, 0.2) is 51.8 Å². The third kappa shape index (κ3) is 4.05. The molecule has 2 aromatic rings. The summed E-state index contributed by atoms with van der Waals surface area (Å²) in [5.41, 5.74) is 1.10. The van der Waals surface area contributed by atoms with Crippen LogP contribution in [0.1, 0.15) is 10.4 Å². The quantitative estimate of drug-likeness (QED) is 0.677. The van der Waals surface area contributed by atoms with Crippen molar-refractivity contribution in [1.29, 1.82) is 5.26 Å². The number of hydrogen-bond donors (Lipinski definition) is 1. The predicted molar refractivity (Wildman–Crippen MR) is 83.9 cm³/mol. The van der Waals surface area contributed by atoms with E-state index in [2.05, 4.69) is 21.2 Å². The standard InChI is InChI=1S/C15H11BrN2OS/c16-14-7-6-13(20-14)8-12(9-17)15(19)18-10-11-4-2-1-3-5-11/h1-8H,10H2,(H,18,19)/b12-8-. The van der Waals surface area contributed by atoms with E-state index in [4.69, 9.17) is 5.26 Å². The van der Waals surface area contributed by atoms with Gasteiger partial charge in [0.25, 0.3) is 5.91 Å². The highest BCUT2D eigenvalue weighted by Gasteiger charge is 2.09. The Kier molecular flexibility index (Phi) is 5.10. The second-order valence-electron chi connectivity index (χ2n) is 3.98. The van der Waals surface area contributed by atoms with Crippen molar-refractivity contribution >= 4 is 39.2 Å². The first kappa shape index (κ1) is 14.5. The summed E-state index contributed by atoms with van der Waals surface area (Å²) in [5.74, 6) is -0.360.